The van der Waals surface area contributed by atoms with Gasteiger partial charge in [0, 0.05) is 17.3 Å². The normalized spacial score (nSPS) is 10.6. The first-order chi connectivity index (χ1) is 16.6. The Morgan fingerprint density at radius 3 is 2.15 bits per heavy atom. The molecule has 0 amide bonds. The molecule has 6 heteroatoms. The minimum Gasteiger partial charge on any atom is -0.490 e. The van der Waals surface area contributed by atoms with Crippen molar-refractivity contribution in [2.75, 3.05) is 11.9 Å². The van der Waals surface area contributed by atoms with Gasteiger partial charge in [-0.1, -0.05) is 53.5 Å². The summed E-state index contributed by atoms with van der Waals surface area (Å²) < 4.78 is 17.7. The Kier molecular flexibility index (Phi) is 8.18. The van der Waals surface area contributed by atoms with E-state index in [9.17, 15) is 0 Å². The van der Waals surface area contributed by atoms with Crippen LogP contribution in [0.25, 0.3) is 0 Å². The van der Waals surface area contributed by atoms with Crippen molar-refractivity contribution >= 4 is 28.9 Å². The van der Waals surface area contributed by atoms with Crippen LogP contribution in [0.5, 0.6) is 23.0 Å². The third-order valence-electron chi connectivity index (χ3n) is 5.00. The van der Waals surface area contributed by atoms with Gasteiger partial charge in [0.25, 0.3) is 0 Å². The highest BCUT2D eigenvalue weighted by atomic mass is 35.5. The van der Waals surface area contributed by atoms with Crippen LogP contribution in [0.15, 0.2) is 91.0 Å². The Hall–Kier alpha value is -3.34. The van der Waals surface area contributed by atoms with Crippen molar-refractivity contribution in [1.29, 1.82) is 0 Å². The van der Waals surface area contributed by atoms with Crippen molar-refractivity contribution in [2.45, 2.75) is 20.1 Å². The number of hydrogen-bond acceptors (Lipinski definition) is 4. The molecule has 0 aromatic heterocycles. The second-order valence-corrected chi connectivity index (χ2v) is 8.39. The molecule has 34 heavy (non-hydrogen) atoms. The quantitative estimate of drug-likeness (QED) is 0.240. The molecule has 0 saturated carbocycles. The van der Waals surface area contributed by atoms with Gasteiger partial charge in [-0.05, 0) is 78.7 Å². The number of rotatable bonds is 10. The predicted octanol–water partition coefficient (Wildman–Crippen LogP) is 8.38. The number of benzene rings is 4. The molecule has 174 valence electrons. The van der Waals surface area contributed by atoms with Crippen LogP contribution in [0.3, 0.4) is 0 Å². The van der Waals surface area contributed by atoms with Crippen molar-refractivity contribution in [3.63, 3.8) is 0 Å². The van der Waals surface area contributed by atoms with Crippen LogP contribution in [0.2, 0.25) is 10.0 Å². The second kappa shape index (κ2) is 11.7. The molecule has 0 unspecified atom stereocenters. The summed E-state index contributed by atoms with van der Waals surface area (Å²) in [6.07, 6.45) is 0. The molecular formula is C28H25Cl2NO3. The maximum absolute atomic E-state index is 6.57. The summed E-state index contributed by atoms with van der Waals surface area (Å²) in [6.45, 7) is 3.39. The first-order valence-corrected chi connectivity index (χ1v) is 11.8. The van der Waals surface area contributed by atoms with Crippen molar-refractivity contribution in [1.82, 2.24) is 0 Å². The van der Waals surface area contributed by atoms with Crippen LogP contribution in [0.4, 0.5) is 5.69 Å². The van der Waals surface area contributed by atoms with Gasteiger partial charge in [0.15, 0.2) is 11.5 Å². The molecule has 0 aliphatic heterocycles. The number of nitrogens with one attached hydrogen (secondary N) is 1. The van der Waals surface area contributed by atoms with E-state index in [-0.39, 0.29) is 0 Å². The van der Waals surface area contributed by atoms with Crippen LogP contribution in [0.1, 0.15) is 18.1 Å². The van der Waals surface area contributed by atoms with Gasteiger partial charge in [0.05, 0.1) is 11.6 Å². The van der Waals surface area contributed by atoms with E-state index in [4.69, 9.17) is 37.4 Å². The molecule has 4 aromatic rings. The zero-order valence-corrected chi connectivity index (χ0v) is 20.3. The molecule has 0 heterocycles. The maximum atomic E-state index is 6.57. The molecule has 1 N–H and O–H groups in total. The summed E-state index contributed by atoms with van der Waals surface area (Å²) in [5.41, 5.74) is 2.95. The molecule has 0 saturated heterocycles. The first kappa shape index (κ1) is 23.8. The van der Waals surface area contributed by atoms with Gasteiger partial charge in [-0.2, -0.15) is 0 Å². The maximum Gasteiger partial charge on any atom is 0.180 e. The summed E-state index contributed by atoms with van der Waals surface area (Å²) in [7, 11) is 0. The van der Waals surface area contributed by atoms with E-state index < -0.39 is 0 Å². The minimum atomic E-state index is 0.367. The van der Waals surface area contributed by atoms with Crippen molar-refractivity contribution in [3.8, 4) is 23.0 Å². The number of ether oxygens (including phenoxy) is 3. The molecule has 0 aliphatic rings. The largest absolute Gasteiger partial charge is 0.490 e. The summed E-state index contributed by atoms with van der Waals surface area (Å²) in [5, 5.41) is 4.60. The van der Waals surface area contributed by atoms with Crippen molar-refractivity contribution < 1.29 is 14.2 Å². The van der Waals surface area contributed by atoms with Crippen LogP contribution in [-0.4, -0.2) is 6.61 Å². The van der Waals surface area contributed by atoms with Crippen LogP contribution in [0, 0.1) is 0 Å². The number of anilines is 1. The zero-order valence-electron chi connectivity index (χ0n) is 18.8. The van der Waals surface area contributed by atoms with Gasteiger partial charge >= 0.3 is 0 Å². The van der Waals surface area contributed by atoms with Gasteiger partial charge in [0.2, 0.25) is 0 Å². The fourth-order valence-corrected chi connectivity index (χ4v) is 3.75. The summed E-state index contributed by atoms with van der Waals surface area (Å²) in [4.78, 5) is 0. The molecular weight excluding hydrogens is 469 g/mol. The lowest BCUT2D eigenvalue weighted by molar-refractivity contribution is 0.269. The standard InChI is InChI=1S/C28H25Cl2NO3/c1-2-32-27-17-21(16-26(30)28(27)33-19-20-8-10-22(29)11-9-20)18-31-23-12-14-25(15-13-23)34-24-6-4-3-5-7-24/h3-17,31H,2,18-19H2,1H3. The van der Waals surface area contributed by atoms with Gasteiger partial charge in [-0.15, -0.1) is 0 Å². The van der Waals surface area contributed by atoms with Crippen LogP contribution < -0.4 is 19.5 Å². The Morgan fingerprint density at radius 2 is 1.44 bits per heavy atom. The fourth-order valence-electron chi connectivity index (χ4n) is 3.33. The minimum absolute atomic E-state index is 0.367. The Bertz CT molecular complexity index is 1200. The molecule has 0 spiro atoms. The van der Waals surface area contributed by atoms with Gasteiger partial charge in [-0.3, -0.25) is 0 Å². The molecule has 0 radical (unpaired) electrons. The van der Waals surface area contributed by atoms with E-state index >= 15 is 0 Å². The third kappa shape index (κ3) is 6.60. The number of halogens is 2. The van der Waals surface area contributed by atoms with Crippen molar-refractivity contribution in [2.24, 2.45) is 0 Å². The zero-order chi connectivity index (χ0) is 23.8. The lowest BCUT2D eigenvalue weighted by atomic mass is 10.2. The van der Waals surface area contributed by atoms with Crippen LogP contribution in [-0.2, 0) is 13.2 Å². The highest BCUT2D eigenvalue weighted by molar-refractivity contribution is 6.32. The van der Waals surface area contributed by atoms with Crippen molar-refractivity contribution in [3.05, 3.63) is 112 Å². The Balaban J connectivity index is 1.40. The topological polar surface area (TPSA) is 39.7 Å². The smallest absolute Gasteiger partial charge is 0.180 e. The highest BCUT2D eigenvalue weighted by Crippen LogP contribution is 2.37. The fraction of sp³-hybridized carbons (Fsp3) is 0.143. The van der Waals surface area contributed by atoms with E-state index in [1.807, 2.05) is 97.9 Å². The third-order valence-corrected chi connectivity index (χ3v) is 5.53. The van der Waals surface area contributed by atoms with Crippen LogP contribution >= 0.6 is 23.2 Å². The summed E-state index contributed by atoms with van der Waals surface area (Å²) in [5.74, 6) is 2.73. The average molecular weight is 494 g/mol. The molecule has 0 fully saturated rings. The van der Waals surface area contributed by atoms with E-state index in [0.29, 0.717) is 41.3 Å². The second-order valence-electron chi connectivity index (χ2n) is 7.55. The molecule has 4 aromatic carbocycles. The molecule has 0 aliphatic carbocycles. The van der Waals surface area contributed by atoms with Gasteiger partial charge in [-0.25, -0.2) is 0 Å². The van der Waals surface area contributed by atoms with E-state index in [0.717, 1.165) is 28.3 Å². The number of hydrogen-bond donors (Lipinski definition) is 1. The van der Waals surface area contributed by atoms with Gasteiger partial charge in [0.1, 0.15) is 18.1 Å². The first-order valence-electron chi connectivity index (χ1n) is 11.0. The predicted molar refractivity (Wildman–Crippen MR) is 139 cm³/mol. The van der Waals surface area contributed by atoms with E-state index in [1.165, 1.54) is 0 Å². The van der Waals surface area contributed by atoms with E-state index in [2.05, 4.69) is 5.32 Å². The summed E-state index contributed by atoms with van der Waals surface area (Å²) >= 11 is 12.5. The Labute approximate surface area is 210 Å². The molecule has 4 nitrogen and oxygen atoms in total. The number of para-hydroxylation sites is 1. The lowest BCUT2D eigenvalue weighted by Gasteiger charge is -2.16. The molecule has 4 rings (SSSR count). The van der Waals surface area contributed by atoms with Gasteiger partial charge < -0.3 is 19.5 Å². The highest BCUT2D eigenvalue weighted by Gasteiger charge is 2.13. The van der Waals surface area contributed by atoms with E-state index in [1.54, 1.807) is 0 Å². The molecule has 0 bridgehead atoms. The Morgan fingerprint density at radius 1 is 0.735 bits per heavy atom. The lowest BCUT2D eigenvalue weighted by Crippen LogP contribution is -2.04. The SMILES string of the molecule is CCOc1cc(CNc2ccc(Oc3ccccc3)cc2)cc(Cl)c1OCc1ccc(Cl)cc1. The summed E-state index contributed by atoms with van der Waals surface area (Å²) in [6, 6.07) is 28.9. The average Bonchev–Trinajstić information content (AvgIpc) is 2.85. The monoisotopic (exact) mass is 493 g/mol. The molecule has 0 atom stereocenters.